The lowest BCUT2D eigenvalue weighted by Gasteiger charge is -2.05. The Bertz CT molecular complexity index is 441. The van der Waals surface area contributed by atoms with Gasteiger partial charge in [-0.2, -0.15) is 0 Å². The first-order valence-corrected chi connectivity index (χ1v) is 5.29. The van der Waals surface area contributed by atoms with E-state index in [1.54, 1.807) is 37.3 Å². The number of nitrogens with zero attached hydrogens (tertiary/aromatic N) is 1. The molecule has 0 aliphatic heterocycles. The molecule has 0 spiro atoms. The molecule has 6 heteroatoms. The SMILES string of the molecule is CCOC(=O)C(=NO)C(=O)COc1ccccc1. The zero-order valence-corrected chi connectivity index (χ0v) is 9.83. The number of carbonyl (C=O) groups is 2. The lowest BCUT2D eigenvalue weighted by Crippen LogP contribution is -2.30. The van der Waals surface area contributed by atoms with Crippen LogP contribution in [0.15, 0.2) is 35.5 Å². The fourth-order valence-electron chi connectivity index (χ4n) is 1.14. The minimum absolute atomic E-state index is 0.0880. The van der Waals surface area contributed by atoms with Gasteiger partial charge in [-0.3, -0.25) is 4.79 Å². The second-order valence-corrected chi connectivity index (χ2v) is 3.19. The highest BCUT2D eigenvalue weighted by Crippen LogP contribution is 2.08. The van der Waals surface area contributed by atoms with E-state index in [9.17, 15) is 9.59 Å². The summed E-state index contributed by atoms with van der Waals surface area (Å²) < 4.78 is 9.69. The molecule has 0 atom stereocenters. The molecule has 6 nitrogen and oxygen atoms in total. The van der Waals surface area contributed by atoms with Crippen LogP contribution in [-0.2, 0) is 14.3 Å². The predicted molar refractivity (Wildman–Crippen MR) is 62.8 cm³/mol. The summed E-state index contributed by atoms with van der Waals surface area (Å²) in [7, 11) is 0. The first-order chi connectivity index (χ1) is 8.69. The van der Waals surface area contributed by atoms with Crippen molar-refractivity contribution in [1.29, 1.82) is 0 Å². The predicted octanol–water partition coefficient (Wildman–Crippen LogP) is 1.03. The maximum Gasteiger partial charge on any atom is 0.364 e. The average Bonchev–Trinajstić information content (AvgIpc) is 2.39. The Morgan fingerprint density at radius 3 is 2.50 bits per heavy atom. The van der Waals surface area contributed by atoms with Crippen molar-refractivity contribution >= 4 is 17.5 Å². The molecule has 0 aliphatic rings. The Labute approximate surface area is 104 Å². The number of rotatable bonds is 6. The molecule has 1 N–H and O–H groups in total. The van der Waals surface area contributed by atoms with Crippen LogP contribution >= 0.6 is 0 Å². The van der Waals surface area contributed by atoms with E-state index in [4.69, 9.17) is 9.94 Å². The molecule has 0 radical (unpaired) electrons. The summed E-state index contributed by atoms with van der Waals surface area (Å²) in [5.41, 5.74) is -0.673. The maximum atomic E-state index is 11.5. The molecule has 0 fully saturated rings. The van der Waals surface area contributed by atoms with Crippen molar-refractivity contribution in [3.05, 3.63) is 30.3 Å². The molecule has 1 rings (SSSR count). The van der Waals surface area contributed by atoms with Gasteiger partial charge in [-0.05, 0) is 19.1 Å². The van der Waals surface area contributed by atoms with Gasteiger partial charge in [0.15, 0.2) is 6.61 Å². The molecule has 0 saturated carbocycles. The number of Topliss-reactive ketones (excluding diaryl/α,β-unsaturated/α-hetero) is 1. The molecule has 96 valence electrons. The highest BCUT2D eigenvalue weighted by Gasteiger charge is 2.23. The van der Waals surface area contributed by atoms with Crippen molar-refractivity contribution in [1.82, 2.24) is 0 Å². The summed E-state index contributed by atoms with van der Waals surface area (Å²) in [5.74, 6) is -1.24. The first kappa shape index (κ1) is 13.7. The molecular formula is C12H13NO5. The second-order valence-electron chi connectivity index (χ2n) is 3.19. The summed E-state index contributed by atoms with van der Waals surface area (Å²) in [6.07, 6.45) is 0. The molecular weight excluding hydrogens is 238 g/mol. The minimum atomic E-state index is -0.971. The zero-order chi connectivity index (χ0) is 13.4. The molecule has 1 aromatic carbocycles. The summed E-state index contributed by atoms with van der Waals surface area (Å²) in [5, 5.41) is 11.2. The molecule has 1 aromatic rings. The van der Waals surface area contributed by atoms with Gasteiger partial charge in [-0.15, -0.1) is 0 Å². The van der Waals surface area contributed by atoms with Crippen LogP contribution in [0.1, 0.15) is 6.92 Å². The summed E-state index contributed by atoms with van der Waals surface area (Å²) in [6, 6.07) is 8.60. The van der Waals surface area contributed by atoms with Crippen molar-refractivity contribution in [2.45, 2.75) is 6.92 Å². The molecule has 0 heterocycles. The normalized spacial score (nSPS) is 10.8. The number of ether oxygens (including phenoxy) is 2. The fraction of sp³-hybridized carbons (Fsp3) is 0.250. The molecule has 0 unspecified atom stereocenters. The summed E-state index contributed by atoms with van der Waals surface area (Å²) >= 11 is 0. The highest BCUT2D eigenvalue weighted by molar-refractivity contribution is 6.64. The third-order valence-electron chi connectivity index (χ3n) is 1.95. The number of ketones is 1. The van der Waals surface area contributed by atoms with Crippen molar-refractivity contribution in [3.63, 3.8) is 0 Å². The van der Waals surface area contributed by atoms with Gasteiger partial charge in [0.1, 0.15) is 5.75 Å². The third kappa shape index (κ3) is 3.89. The van der Waals surface area contributed by atoms with Crippen molar-refractivity contribution < 1.29 is 24.3 Å². The van der Waals surface area contributed by atoms with Gasteiger partial charge >= 0.3 is 5.97 Å². The van der Waals surface area contributed by atoms with Crippen LogP contribution in [-0.4, -0.2) is 35.9 Å². The van der Waals surface area contributed by atoms with E-state index in [1.807, 2.05) is 0 Å². The summed E-state index contributed by atoms with van der Waals surface area (Å²) in [4.78, 5) is 22.8. The second kappa shape index (κ2) is 7.05. The van der Waals surface area contributed by atoms with Crippen LogP contribution in [0, 0.1) is 0 Å². The lowest BCUT2D eigenvalue weighted by molar-refractivity contribution is -0.136. The van der Waals surface area contributed by atoms with Crippen LogP contribution in [0.2, 0.25) is 0 Å². The van der Waals surface area contributed by atoms with Crippen LogP contribution in [0.25, 0.3) is 0 Å². The Morgan fingerprint density at radius 1 is 1.28 bits per heavy atom. The number of hydrogen-bond acceptors (Lipinski definition) is 6. The monoisotopic (exact) mass is 251 g/mol. The topological polar surface area (TPSA) is 85.2 Å². The lowest BCUT2D eigenvalue weighted by atomic mass is 10.2. The average molecular weight is 251 g/mol. The van der Waals surface area contributed by atoms with E-state index in [0.717, 1.165) is 0 Å². The number of benzene rings is 1. The van der Waals surface area contributed by atoms with E-state index in [2.05, 4.69) is 9.89 Å². The van der Waals surface area contributed by atoms with Crippen LogP contribution in [0.4, 0.5) is 0 Å². The number of esters is 1. The summed E-state index contributed by atoms with van der Waals surface area (Å²) in [6.45, 7) is 1.27. The van der Waals surface area contributed by atoms with Crippen molar-refractivity contribution in [2.75, 3.05) is 13.2 Å². The standard InChI is InChI=1S/C12H13NO5/c1-2-17-12(15)11(13-16)10(14)8-18-9-6-4-3-5-7-9/h3-7,16H,2,8H2,1H3. The largest absolute Gasteiger partial charge is 0.485 e. The highest BCUT2D eigenvalue weighted by atomic mass is 16.5. The van der Waals surface area contributed by atoms with Crippen molar-refractivity contribution in [2.24, 2.45) is 5.16 Å². The quantitative estimate of drug-likeness (QED) is 0.268. The zero-order valence-electron chi connectivity index (χ0n) is 9.83. The Morgan fingerprint density at radius 2 is 1.94 bits per heavy atom. The molecule has 0 aliphatic carbocycles. The number of oxime groups is 1. The number of carbonyl (C=O) groups excluding carboxylic acids is 2. The third-order valence-corrected chi connectivity index (χ3v) is 1.95. The van der Waals surface area contributed by atoms with Gasteiger partial charge in [-0.1, -0.05) is 23.4 Å². The Kier molecular flexibility index (Phi) is 5.37. The van der Waals surface area contributed by atoms with Gasteiger partial charge in [0, 0.05) is 0 Å². The maximum absolute atomic E-state index is 11.5. The van der Waals surface area contributed by atoms with E-state index in [-0.39, 0.29) is 6.61 Å². The minimum Gasteiger partial charge on any atom is -0.485 e. The van der Waals surface area contributed by atoms with Gasteiger partial charge in [0.2, 0.25) is 11.5 Å². The molecule has 0 aromatic heterocycles. The van der Waals surface area contributed by atoms with Gasteiger partial charge in [-0.25, -0.2) is 4.79 Å². The fourth-order valence-corrected chi connectivity index (χ4v) is 1.14. The van der Waals surface area contributed by atoms with E-state index >= 15 is 0 Å². The Balaban J connectivity index is 2.56. The van der Waals surface area contributed by atoms with Crippen LogP contribution in [0.3, 0.4) is 0 Å². The molecule has 0 amide bonds. The molecule has 18 heavy (non-hydrogen) atoms. The number of para-hydroxylation sites is 1. The van der Waals surface area contributed by atoms with Crippen LogP contribution < -0.4 is 4.74 Å². The van der Waals surface area contributed by atoms with Gasteiger partial charge in [0.25, 0.3) is 0 Å². The molecule has 0 saturated heterocycles. The first-order valence-electron chi connectivity index (χ1n) is 5.29. The van der Waals surface area contributed by atoms with Gasteiger partial charge < -0.3 is 14.7 Å². The van der Waals surface area contributed by atoms with Crippen LogP contribution in [0.5, 0.6) is 5.75 Å². The Hall–Kier alpha value is -2.37. The van der Waals surface area contributed by atoms with E-state index in [1.165, 1.54) is 0 Å². The number of hydrogen-bond donors (Lipinski definition) is 1. The van der Waals surface area contributed by atoms with E-state index in [0.29, 0.717) is 5.75 Å². The van der Waals surface area contributed by atoms with Crippen molar-refractivity contribution in [3.8, 4) is 5.75 Å². The molecule has 0 bridgehead atoms. The van der Waals surface area contributed by atoms with E-state index < -0.39 is 24.1 Å². The van der Waals surface area contributed by atoms with Gasteiger partial charge in [0.05, 0.1) is 6.61 Å². The smallest absolute Gasteiger partial charge is 0.364 e.